The molecule has 0 saturated carbocycles. The summed E-state index contributed by atoms with van der Waals surface area (Å²) in [6.45, 7) is 1.17. The van der Waals surface area contributed by atoms with E-state index >= 15 is 0 Å². The third-order valence-electron chi connectivity index (χ3n) is 3.86. The second-order valence-corrected chi connectivity index (χ2v) is 5.79. The maximum Gasteiger partial charge on any atom is 0.291 e. The second kappa shape index (κ2) is 8.31. The number of ether oxygens (including phenoxy) is 2. The Hall–Kier alpha value is -3.12. The second-order valence-electron chi connectivity index (χ2n) is 5.79. The first-order valence-electron chi connectivity index (χ1n) is 8.34. The number of methoxy groups -OCH3 is 1. The van der Waals surface area contributed by atoms with Crippen LogP contribution in [0.1, 0.15) is 22.3 Å². The Morgan fingerprint density at radius 3 is 2.73 bits per heavy atom. The molecular weight excluding hydrogens is 332 g/mol. The molecule has 0 aromatic heterocycles. The van der Waals surface area contributed by atoms with Crippen LogP contribution >= 0.6 is 0 Å². The average molecular weight is 352 g/mol. The third kappa shape index (κ3) is 4.29. The first-order valence-corrected chi connectivity index (χ1v) is 8.34. The Morgan fingerprint density at radius 2 is 1.96 bits per heavy atom. The van der Waals surface area contributed by atoms with Gasteiger partial charge in [-0.1, -0.05) is 24.3 Å². The molecule has 0 unspecified atom stereocenters. The van der Waals surface area contributed by atoms with Crippen molar-refractivity contribution in [1.82, 2.24) is 5.32 Å². The summed E-state index contributed by atoms with van der Waals surface area (Å²) >= 11 is 0. The van der Waals surface area contributed by atoms with Crippen LogP contribution in [-0.2, 0) is 9.53 Å². The molecule has 0 bridgehead atoms. The van der Waals surface area contributed by atoms with Gasteiger partial charge in [0.25, 0.3) is 11.8 Å². The highest BCUT2D eigenvalue weighted by atomic mass is 16.5. The molecule has 0 spiro atoms. The van der Waals surface area contributed by atoms with E-state index in [1.165, 1.54) is 0 Å². The van der Waals surface area contributed by atoms with Crippen LogP contribution in [0.5, 0.6) is 5.75 Å². The summed E-state index contributed by atoms with van der Waals surface area (Å²) in [7, 11) is 1.63. The van der Waals surface area contributed by atoms with Gasteiger partial charge in [-0.3, -0.25) is 9.59 Å². The van der Waals surface area contributed by atoms with Crippen LogP contribution in [0.15, 0.2) is 54.3 Å². The van der Waals surface area contributed by atoms with Gasteiger partial charge < -0.3 is 20.1 Å². The number of nitrogens with one attached hydrogen (secondary N) is 2. The molecule has 3 rings (SSSR count). The minimum Gasteiger partial charge on any atom is -0.449 e. The van der Waals surface area contributed by atoms with Gasteiger partial charge in [0.2, 0.25) is 0 Å². The summed E-state index contributed by atoms with van der Waals surface area (Å²) in [5.74, 6) is 0.371. The monoisotopic (exact) mass is 352 g/mol. The van der Waals surface area contributed by atoms with Gasteiger partial charge in [0, 0.05) is 25.8 Å². The van der Waals surface area contributed by atoms with Crippen LogP contribution in [0.25, 0.3) is 6.08 Å². The van der Waals surface area contributed by atoms with Crippen LogP contribution in [0.2, 0.25) is 0 Å². The van der Waals surface area contributed by atoms with Crippen LogP contribution in [0, 0.1) is 0 Å². The van der Waals surface area contributed by atoms with Crippen LogP contribution in [-0.4, -0.2) is 32.1 Å². The summed E-state index contributed by atoms with van der Waals surface area (Å²) in [5.41, 5.74) is 1.98. The Labute approximate surface area is 151 Å². The smallest absolute Gasteiger partial charge is 0.291 e. The van der Waals surface area contributed by atoms with Gasteiger partial charge in [-0.15, -0.1) is 0 Å². The topological polar surface area (TPSA) is 76.7 Å². The summed E-state index contributed by atoms with van der Waals surface area (Å²) in [4.78, 5) is 24.2. The zero-order chi connectivity index (χ0) is 18.4. The molecule has 0 aliphatic carbocycles. The summed E-state index contributed by atoms with van der Waals surface area (Å²) in [6.07, 6.45) is 2.41. The molecule has 2 aromatic rings. The van der Waals surface area contributed by atoms with E-state index in [4.69, 9.17) is 9.47 Å². The predicted molar refractivity (Wildman–Crippen MR) is 98.9 cm³/mol. The number of rotatable bonds is 6. The summed E-state index contributed by atoms with van der Waals surface area (Å²) < 4.78 is 10.6. The minimum atomic E-state index is -0.302. The van der Waals surface area contributed by atoms with E-state index in [0.717, 1.165) is 12.0 Å². The van der Waals surface area contributed by atoms with Crippen LogP contribution < -0.4 is 15.4 Å². The number of carbonyl (C=O) groups is 2. The number of para-hydroxylation sites is 2. The minimum absolute atomic E-state index is 0.138. The van der Waals surface area contributed by atoms with Crippen molar-refractivity contribution < 1.29 is 19.1 Å². The first-order chi connectivity index (χ1) is 12.7. The highest BCUT2D eigenvalue weighted by molar-refractivity contribution is 6.08. The maximum atomic E-state index is 12.1. The SMILES string of the molecule is COCCCNC(=O)c1ccc(/C=C2\Oc3ccccc3NC2=O)cc1. The third-order valence-corrected chi connectivity index (χ3v) is 3.86. The Balaban J connectivity index is 1.66. The highest BCUT2D eigenvalue weighted by Gasteiger charge is 2.21. The van der Waals surface area contributed by atoms with Crippen molar-refractivity contribution in [3.05, 3.63) is 65.4 Å². The maximum absolute atomic E-state index is 12.1. The van der Waals surface area contributed by atoms with Crippen molar-refractivity contribution in [1.29, 1.82) is 0 Å². The molecule has 26 heavy (non-hydrogen) atoms. The van der Waals surface area contributed by atoms with Crippen LogP contribution in [0.4, 0.5) is 5.69 Å². The molecule has 6 heteroatoms. The zero-order valence-electron chi connectivity index (χ0n) is 14.5. The van der Waals surface area contributed by atoms with E-state index in [2.05, 4.69) is 10.6 Å². The van der Waals surface area contributed by atoms with Gasteiger partial charge >= 0.3 is 0 Å². The van der Waals surface area contributed by atoms with E-state index in [9.17, 15) is 9.59 Å². The van der Waals surface area contributed by atoms with E-state index in [1.807, 2.05) is 12.1 Å². The quantitative estimate of drug-likeness (QED) is 0.619. The highest BCUT2D eigenvalue weighted by Crippen LogP contribution is 2.30. The molecule has 134 valence electrons. The molecule has 0 radical (unpaired) electrons. The van der Waals surface area contributed by atoms with Gasteiger partial charge in [-0.25, -0.2) is 0 Å². The summed E-state index contributed by atoms with van der Waals surface area (Å²) in [6, 6.07) is 14.2. The lowest BCUT2D eigenvalue weighted by atomic mass is 10.1. The molecule has 0 saturated heterocycles. The van der Waals surface area contributed by atoms with Crippen molar-refractivity contribution in [2.45, 2.75) is 6.42 Å². The standard InChI is InChI=1S/C20H20N2O4/c1-25-12-4-11-21-19(23)15-9-7-14(8-10-15)13-18-20(24)22-16-5-2-3-6-17(16)26-18/h2-3,5-10,13H,4,11-12H2,1H3,(H,21,23)(H,22,24)/b18-13-. The van der Waals surface area contributed by atoms with E-state index < -0.39 is 0 Å². The number of amides is 2. The largest absolute Gasteiger partial charge is 0.449 e. The molecule has 0 atom stereocenters. The molecule has 6 nitrogen and oxygen atoms in total. The Bertz CT molecular complexity index is 828. The molecule has 2 aromatic carbocycles. The zero-order valence-corrected chi connectivity index (χ0v) is 14.5. The number of carbonyl (C=O) groups excluding carboxylic acids is 2. The van der Waals surface area contributed by atoms with E-state index in [1.54, 1.807) is 49.6 Å². The fourth-order valence-electron chi connectivity index (χ4n) is 2.51. The summed E-state index contributed by atoms with van der Waals surface area (Å²) in [5, 5.41) is 5.62. The molecule has 1 aliphatic heterocycles. The molecule has 1 aliphatic rings. The van der Waals surface area contributed by atoms with Gasteiger partial charge in [0.15, 0.2) is 11.5 Å². The molecule has 2 N–H and O–H groups in total. The number of benzene rings is 2. The van der Waals surface area contributed by atoms with Crippen molar-refractivity contribution in [2.24, 2.45) is 0 Å². The first kappa shape index (κ1) is 17.7. The van der Waals surface area contributed by atoms with Gasteiger partial charge in [0.05, 0.1) is 5.69 Å². The fraction of sp³-hybridized carbons (Fsp3) is 0.200. The number of anilines is 1. The average Bonchev–Trinajstić information content (AvgIpc) is 2.66. The molecule has 1 heterocycles. The molecule has 0 fully saturated rings. The lowest BCUT2D eigenvalue weighted by Crippen LogP contribution is -2.25. The Kier molecular flexibility index (Phi) is 5.66. The van der Waals surface area contributed by atoms with Crippen molar-refractivity contribution >= 4 is 23.6 Å². The van der Waals surface area contributed by atoms with Gasteiger partial charge in [0.1, 0.15) is 0 Å². The predicted octanol–water partition coefficient (Wildman–Crippen LogP) is 2.82. The van der Waals surface area contributed by atoms with E-state index in [-0.39, 0.29) is 17.6 Å². The lowest BCUT2D eigenvalue weighted by molar-refractivity contribution is -0.115. The lowest BCUT2D eigenvalue weighted by Gasteiger charge is -2.19. The number of hydrogen-bond donors (Lipinski definition) is 2. The normalized spacial score (nSPS) is 14.3. The number of hydrogen-bond acceptors (Lipinski definition) is 4. The molecular formula is C20H20N2O4. The van der Waals surface area contributed by atoms with Gasteiger partial charge in [-0.05, 0) is 42.3 Å². The van der Waals surface area contributed by atoms with Crippen LogP contribution in [0.3, 0.4) is 0 Å². The fourth-order valence-corrected chi connectivity index (χ4v) is 2.51. The molecule has 2 amide bonds. The van der Waals surface area contributed by atoms with Crippen molar-refractivity contribution in [2.75, 3.05) is 25.6 Å². The van der Waals surface area contributed by atoms with Crippen molar-refractivity contribution in [3.8, 4) is 5.75 Å². The van der Waals surface area contributed by atoms with Crippen molar-refractivity contribution in [3.63, 3.8) is 0 Å². The van der Waals surface area contributed by atoms with E-state index in [0.29, 0.717) is 30.2 Å². The Morgan fingerprint density at radius 1 is 1.19 bits per heavy atom. The number of fused-ring (bicyclic) bond motifs is 1. The van der Waals surface area contributed by atoms with Gasteiger partial charge in [-0.2, -0.15) is 0 Å².